The van der Waals surface area contributed by atoms with Gasteiger partial charge in [-0.15, -0.1) is 11.3 Å². The fourth-order valence-corrected chi connectivity index (χ4v) is 2.14. The van der Waals surface area contributed by atoms with Gasteiger partial charge in [0.05, 0.1) is 17.2 Å². The van der Waals surface area contributed by atoms with Gasteiger partial charge in [-0.3, -0.25) is 11.3 Å². The predicted octanol–water partition coefficient (Wildman–Crippen LogP) is 2.30. The first kappa shape index (κ1) is 12.4. The van der Waals surface area contributed by atoms with Crippen molar-refractivity contribution in [1.29, 1.82) is 0 Å². The Morgan fingerprint density at radius 1 is 1.60 bits per heavy atom. The van der Waals surface area contributed by atoms with Crippen LogP contribution >= 0.6 is 11.3 Å². The summed E-state index contributed by atoms with van der Waals surface area (Å²) in [5, 5.41) is 0. The molecule has 1 heterocycles. The van der Waals surface area contributed by atoms with Crippen LogP contribution in [0.5, 0.6) is 0 Å². The van der Waals surface area contributed by atoms with E-state index in [4.69, 9.17) is 5.84 Å². The van der Waals surface area contributed by atoms with Gasteiger partial charge >= 0.3 is 6.18 Å². The van der Waals surface area contributed by atoms with E-state index < -0.39 is 18.6 Å². The molecular formula is C8H12F3N3S. The van der Waals surface area contributed by atoms with Crippen LogP contribution in [0.1, 0.15) is 29.5 Å². The largest absolute Gasteiger partial charge is 0.389 e. The number of halogens is 3. The maximum atomic E-state index is 12.0. The number of nitrogens with one attached hydrogen (secondary N) is 1. The average Bonchev–Trinajstić information content (AvgIpc) is 2.52. The van der Waals surface area contributed by atoms with Crippen LogP contribution in [0.4, 0.5) is 13.2 Å². The molecule has 3 nitrogen and oxygen atoms in total. The topological polar surface area (TPSA) is 50.9 Å². The number of hydrazine groups is 1. The van der Waals surface area contributed by atoms with E-state index in [0.717, 1.165) is 10.6 Å². The third kappa shape index (κ3) is 3.77. The van der Waals surface area contributed by atoms with Crippen molar-refractivity contribution in [1.82, 2.24) is 10.4 Å². The summed E-state index contributed by atoms with van der Waals surface area (Å²) >= 11 is 1.31. The molecular weight excluding hydrogens is 227 g/mol. The maximum Gasteiger partial charge on any atom is 0.389 e. The zero-order valence-corrected chi connectivity index (χ0v) is 8.95. The Kier molecular flexibility index (Phi) is 4.06. The minimum absolute atomic E-state index is 0.0664. The monoisotopic (exact) mass is 239 g/mol. The van der Waals surface area contributed by atoms with Gasteiger partial charge < -0.3 is 0 Å². The molecule has 1 aromatic heterocycles. The lowest BCUT2D eigenvalue weighted by molar-refractivity contribution is -0.136. The first-order chi connectivity index (χ1) is 6.94. The molecule has 0 aliphatic heterocycles. The molecule has 86 valence electrons. The lowest BCUT2D eigenvalue weighted by atomic mass is 10.1. The fraction of sp³-hybridized carbons (Fsp3) is 0.625. The van der Waals surface area contributed by atoms with Crippen molar-refractivity contribution in [2.75, 3.05) is 0 Å². The first-order valence-electron chi connectivity index (χ1n) is 4.37. The van der Waals surface area contributed by atoms with Gasteiger partial charge in [-0.05, 0) is 13.3 Å². The molecule has 15 heavy (non-hydrogen) atoms. The number of thiazole rings is 1. The number of aromatic nitrogens is 1. The first-order valence-corrected chi connectivity index (χ1v) is 5.25. The van der Waals surface area contributed by atoms with Gasteiger partial charge in [0, 0.05) is 11.3 Å². The van der Waals surface area contributed by atoms with Crippen LogP contribution in [0.15, 0.2) is 5.51 Å². The van der Waals surface area contributed by atoms with Crippen LogP contribution in [0.25, 0.3) is 0 Å². The molecule has 0 saturated heterocycles. The highest BCUT2D eigenvalue weighted by Crippen LogP contribution is 2.30. The molecule has 0 bridgehead atoms. The normalized spacial score (nSPS) is 14.2. The number of nitrogens with zero attached hydrogens (tertiary/aromatic N) is 1. The molecule has 1 atom stereocenters. The summed E-state index contributed by atoms with van der Waals surface area (Å²) in [7, 11) is 0. The predicted molar refractivity (Wildman–Crippen MR) is 52.2 cm³/mol. The maximum absolute atomic E-state index is 12.0. The third-order valence-electron chi connectivity index (χ3n) is 2.02. The van der Waals surface area contributed by atoms with Crippen LogP contribution in [0.3, 0.4) is 0 Å². The molecule has 0 radical (unpaired) electrons. The van der Waals surface area contributed by atoms with Crippen molar-refractivity contribution >= 4 is 11.3 Å². The van der Waals surface area contributed by atoms with Crippen molar-refractivity contribution in [3.8, 4) is 0 Å². The van der Waals surface area contributed by atoms with E-state index in [2.05, 4.69) is 10.4 Å². The summed E-state index contributed by atoms with van der Waals surface area (Å²) in [5.41, 5.74) is 4.72. The second-order valence-corrected chi connectivity index (χ2v) is 4.06. The highest BCUT2D eigenvalue weighted by Gasteiger charge is 2.29. The van der Waals surface area contributed by atoms with Crippen LogP contribution in [-0.4, -0.2) is 11.2 Å². The summed E-state index contributed by atoms with van der Waals surface area (Å²) in [6.07, 6.45) is -5.06. The Morgan fingerprint density at radius 2 is 2.27 bits per heavy atom. The summed E-state index contributed by atoms with van der Waals surface area (Å²) < 4.78 is 36.0. The summed E-state index contributed by atoms with van der Waals surface area (Å²) in [6.45, 7) is 1.75. The Hall–Kier alpha value is -0.660. The molecule has 0 spiro atoms. The second-order valence-electron chi connectivity index (χ2n) is 3.18. The van der Waals surface area contributed by atoms with Gasteiger partial charge in [0.15, 0.2) is 0 Å². The van der Waals surface area contributed by atoms with Crippen LogP contribution in [-0.2, 0) is 0 Å². The lowest BCUT2D eigenvalue weighted by Gasteiger charge is -2.15. The molecule has 3 N–H and O–H groups in total. The minimum atomic E-state index is -4.15. The number of hydrogen-bond donors (Lipinski definition) is 2. The van der Waals surface area contributed by atoms with Crippen LogP contribution in [0, 0.1) is 6.92 Å². The SMILES string of the molecule is Cc1ncsc1C(CCC(F)(F)F)NN. The van der Waals surface area contributed by atoms with Crippen molar-refractivity contribution in [2.45, 2.75) is 32.0 Å². The number of rotatable bonds is 4. The quantitative estimate of drug-likeness (QED) is 0.626. The van der Waals surface area contributed by atoms with Gasteiger partial charge in [0.1, 0.15) is 0 Å². The summed E-state index contributed by atoms with van der Waals surface area (Å²) in [6, 6.07) is -0.473. The van der Waals surface area contributed by atoms with Gasteiger partial charge in [0.2, 0.25) is 0 Å². The molecule has 7 heteroatoms. The molecule has 1 aromatic rings. The standard InChI is InChI=1S/C8H12F3N3S/c1-5-7(15-4-13-5)6(14-12)2-3-8(9,10)11/h4,6,14H,2-3,12H2,1H3. The number of aryl methyl sites for hydroxylation is 1. The van der Waals surface area contributed by atoms with E-state index in [-0.39, 0.29) is 6.42 Å². The van der Waals surface area contributed by atoms with E-state index in [1.165, 1.54) is 11.3 Å². The van der Waals surface area contributed by atoms with Crippen molar-refractivity contribution in [3.63, 3.8) is 0 Å². The van der Waals surface area contributed by atoms with Crippen LogP contribution < -0.4 is 11.3 Å². The van der Waals surface area contributed by atoms with E-state index in [1.807, 2.05) is 0 Å². The molecule has 1 unspecified atom stereocenters. The van der Waals surface area contributed by atoms with E-state index in [9.17, 15) is 13.2 Å². The Morgan fingerprint density at radius 3 is 2.67 bits per heavy atom. The minimum Gasteiger partial charge on any atom is -0.271 e. The van der Waals surface area contributed by atoms with Gasteiger partial charge in [-0.1, -0.05) is 0 Å². The molecule has 0 aliphatic rings. The van der Waals surface area contributed by atoms with Crippen molar-refractivity contribution in [2.24, 2.45) is 5.84 Å². The second kappa shape index (κ2) is 4.91. The number of hydrogen-bond acceptors (Lipinski definition) is 4. The van der Waals surface area contributed by atoms with E-state index >= 15 is 0 Å². The highest BCUT2D eigenvalue weighted by molar-refractivity contribution is 7.09. The zero-order valence-electron chi connectivity index (χ0n) is 8.14. The Labute approximate surface area is 89.5 Å². The van der Waals surface area contributed by atoms with Crippen molar-refractivity contribution in [3.05, 3.63) is 16.1 Å². The third-order valence-corrected chi connectivity index (χ3v) is 3.06. The molecule has 0 fully saturated rings. The lowest BCUT2D eigenvalue weighted by Crippen LogP contribution is -2.29. The molecule has 1 rings (SSSR count). The molecule has 0 aliphatic carbocycles. The van der Waals surface area contributed by atoms with E-state index in [1.54, 1.807) is 12.4 Å². The smallest absolute Gasteiger partial charge is 0.271 e. The van der Waals surface area contributed by atoms with Gasteiger partial charge in [0.25, 0.3) is 0 Å². The molecule has 0 aromatic carbocycles. The Bertz CT molecular complexity index is 310. The zero-order chi connectivity index (χ0) is 11.5. The van der Waals surface area contributed by atoms with Crippen molar-refractivity contribution < 1.29 is 13.2 Å². The molecule has 0 saturated carbocycles. The van der Waals surface area contributed by atoms with Gasteiger partial charge in [-0.25, -0.2) is 4.98 Å². The fourth-order valence-electron chi connectivity index (χ4n) is 1.24. The summed E-state index contributed by atoms with van der Waals surface area (Å²) in [5.74, 6) is 5.22. The summed E-state index contributed by atoms with van der Waals surface area (Å²) in [4.78, 5) is 4.74. The number of alkyl halides is 3. The average molecular weight is 239 g/mol. The number of nitrogens with two attached hydrogens (primary N) is 1. The Balaban J connectivity index is 2.61. The van der Waals surface area contributed by atoms with Gasteiger partial charge in [-0.2, -0.15) is 13.2 Å². The van der Waals surface area contributed by atoms with E-state index in [0.29, 0.717) is 0 Å². The molecule has 0 amide bonds. The van der Waals surface area contributed by atoms with Crippen LogP contribution in [0.2, 0.25) is 0 Å². The highest BCUT2D eigenvalue weighted by atomic mass is 32.1.